The maximum absolute atomic E-state index is 11.6. The number of amides is 1. The molecule has 1 aliphatic heterocycles. The van der Waals surface area contributed by atoms with Gasteiger partial charge in [0.25, 0.3) is 0 Å². The molecule has 1 aromatic carbocycles. The van der Waals surface area contributed by atoms with Crippen LogP contribution in [0.5, 0.6) is 5.75 Å². The molecule has 0 saturated carbocycles. The Morgan fingerprint density at radius 3 is 2.70 bits per heavy atom. The van der Waals surface area contributed by atoms with Gasteiger partial charge >= 0.3 is 6.09 Å². The monoisotopic (exact) mass is 279 g/mol. The van der Waals surface area contributed by atoms with Crippen LogP contribution in [0.25, 0.3) is 0 Å². The van der Waals surface area contributed by atoms with Crippen LogP contribution in [0.3, 0.4) is 0 Å². The quantitative estimate of drug-likeness (QED) is 0.851. The number of carbonyl (C=O) groups is 2. The van der Waals surface area contributed by atoms with E-state index in [2.05, 4.69) is 0 Å². The second kappa shape index (κ2) is 6.38. The predicted octanol–water partition coefficient (Wildman–Crippen LogP) is 1.36. The summed E-state index contributed by atoms with van der Waals surface area (Å²) in [5, 5.41) is 8.98. The Morgan fingerprint density at radius 1 is 1.45 bits per heavy atom. The maximum atomic E-state index is 11.6. The van der Waals surface area contributed by atoms with E-state index < -0.39 is 12.2 Å². The molecule has 1 aliphatic rings. The summed E-state index contributed by atoms with van der Waals surface area (Å²) in [6.07, 6.45) is -0.568. The molecule has 6 nitrogen and oxygen atoms in total. The normalized spacial score (nSPS) is 18.0. The van der Waals surface area contributed by atoms with E-state index in [1.807, 2.05) is 0 Å². The number of nitrogens with zero attached hydrogens (tertiary/aromatic N) is 1. The number of carbonyl (C=O) groups excluding carboxylic acids is 2. The molecule has 2 rings (SSSR count). The van der Waals surface area contributed by atoms with Gasteiger partial charge in [-0.2, -0.15) is 0 Å². The van der Waals surface area contributed by atoms with Crippen molar-refractivity contribution in [1.82, 2.24) is 0 Å². The molecule has 0 aliphatic carbocycles. The number of cyclic esters (lactones) is 1. The molecule has 20 heavy (non-hydrogen) atoms. The summed E-state index contributed by atoms with van der Waals surface area (Å²) < 4.78 is 10.4. The van der Waals surface area contributed by atoms with Gasteiger partial charge in [0.1, 0.15) is 17.6 Å². The van der Waals surface area contributed by atoms with Gasteiger partial charge in [0.05, 0.1) is 19.8 Å². The van der Waals surface area contributed by atoms with E-state index in [9.17, 15) is 9.59 Å². The zero-order valence-corrected chi connectivity index (χ0v) is 11.2. The van der Waals surface area contributed by atoms with Crippen molar-refractivity contribution in [2.45, 2.75) is 19.4 Å². The Bertz CT molecular complexity index is 485. The topological polar surface area (TPSA) is 76.1 Å². The highest BCUT2D eigenvalue weighted by atomic mass is 16.6. The van der Waals surface area contributed by atoms with Gasteiger partial charge < -0.3 is 14.6 Å². The highest BCUT2D eigenvalue weighted by molar-refractivity contribution is 5.89. The van der Waals surface area contributed by atoms with E-state index in [1.54, 1.807) is 24.3 Å². The first-order valence-electron chi connectivity index (χ1n) is 6.41. The lowest BCUT2D eigenvalue weighted by molar-refractivity contribution is -0.117. The number of anilines is 1. The molecule has 1 atom stereocenters. The summed E-state index contributed by atoms with van der Waals surface area (Å²) in [7, 11) is 0. The van der Waals surface area contributed by atoms with Gasteiger partial charge in [-0.05, 0) is 31.2 Å². The van der Waals surface area contributed by atoms with Crippen molar-refractivity contribution in [3.8, 4) is 5.75 Å². The fourth-order valence-electron chi connectivity index (χ4n) is 1.86. The average Bonchev–Trinajstić information content (AvgIpc) is 2.80. The van der Waals surface area contributed by atoms with Gasteiger partial charge in [0.2, 0.25) is 0 Å². The average molecular weight is 279 g/mol. The van der Waals surface area contributed by atoms with E-state index >= 15 is 0 Å². The molecule has 0 spiro atoms. The van der Waals surface area contributed by atoms with Crippen molar-refractivity contribution < 1.29 is 24.2 Å². The highest BCUT2D eigenvalue weighted by Crippen LogP contribution is 2.24. The van der Waals surface area contributed by atoms with Gasteiger partial charge in [-0.3, -0.25) is 9.69 Å². The van der Waals surface area contributed by atoms with Crippen LogP contribution < -0.4 is 9.64 Å². The van der Waals surface area contributed by atoms with E-state index in [1.165, 1.54) is 11.8 Å². The van der Waals surface area contributed by atoms with Crippen molar-refractivity contribution in [2.24, 2.45) is 0 Å². The lowest BCUT2D eigenvalue weighted by Gasteiger charge is -2.13. The minimum absolute atomic E-state index is 0.0801. The van der Waals surface area contributed by atoms with E-state index in [0.717, 1.165) is 0 Å². The Morgan fingerprint density at radius 2 is 2.15 bits per heavy atom. The number of benzene rings is 1. The molecular formula is C14H17NO5. The maximum Gasteiger partial charge on any atom is 0.414 e. The van der Waals surface area contributed by atoms with Crippen LogP contribution in [-0.4, -0.2) is 42.8 Å². The van der Waals surface area contributed by atoms with Gasteiger partial charge in [-0.25, -0.2) is 4.79 Å². The van der Waals surface area contributed by atoms with E-state index in [0.29, 0.717) is 31.0 Å². The fraction of sp³-hybridized carbons (Fsp3) is 0.429. The predicted molar refractivity (Wildman–Crippen MR) is 71.9 cm³/mol. The van der Waals surface area contributed by atoms with Crippen molar-refractivity contribution in [3.63, 3.8) is 0 Å². The number of Topliss-reactive ketones (excluding diaryl/α,β-unsaturated/α-hetero) is 1. The van der Waals surface area contributed by atoms with Crippen LogP contribution in [0.2, 0.25) is 0 Å². The minimum Gasteiger partial charge on any atom is -0.493 e. The number of ketones is 1. The molecule has 1 heterocycles. The molecular weight excluding hydrogens is 262 g/mol. The summed E-state index contributed by atoms with van der Waals surface area (Å²) >= 11 is 0. The van der Waals surface area contributed by atoms with Crippen molar-refractivity contribution in [2.75, 3.05) is 24.7 Å². The fourth-order valence-corrected chi connectivity index (χ4v) is 1.86. The molecule has 1 amide bonds. The second-order valence-electron chi connectivity index (χ2n) is 4.59. The van der Waals surface area contributed by atoms with Crippen molar-refractivity contribution in [1.29, 1.82) is 0 Å². The molecule has 108 valence electrons. The van der Waals surface area contributed by atoms with Gasteiger partial charge in [0, 0.05) is 12.1 Å². The summed E-state index contributed by atoms with van der Waals surface area (Å²) in [5.41, 5.74) is 0.685. The number of ether oxygens (including phenoxy) is 2. The molecule has 0 radical (unpaired) electrons. The van der Waals surface area contributed by atoms with Crippen LogP contribution in [-0.2, 0) is 9.53 Å². The smallest absolute Gasteiger partial charge is 0.414 e. The Balaban J connectivity index is 1.94. The highest BCUT2D eigenvalue weighted by Gasteiger charge is 2.31. The lowest BCUT2D eigenvalue weighted by atomic mass is 10.2. The standard InChI is InChI=1S/C14H17NO5/c1-10(17)6-7-19-12-4-2-11(3-5-12)15-8-13(9-16)20-14(15)18/h2-5,13,16H,6-9H2,1H3/t13-/m1/s1. The first kappa shape index (κ1) is 14.3. The summed E-state index contributed by atoms with van der Waals surface area (Å²) in [4.78, 5) is 23.9. The van der Waals surface area contributed by atoms with Crippen LogP contribution in [0, 0.1) is 0 Å². The third-order valence-electron chi connectivity index (χ3n) is 2.95. The summed E-state index contributed by atoms with van der Waals surface area (Å²) in [5.74, 6) is 0.720. The zero-order chi connectivity index (χ0) is 14.5. The van der Waals surface area contributed by atoms with E-state index in [4.69, 9.17) is 14.6 Å². The molecule has 6 heteroatoms. The molecule has 1 saturated heterocycles. The first-order chi connectivity index (χ1) is 9.60. The van der Waals surface area contributed by atoms with Gasteiger partial charge in [-0.1, -0.05) is 0 Å². The molecule has 1 aromatic rings. The third-order valence-corrected chi connectivity index (χ3v) is 2.95. The van der Waals surface area contributed by atoms with Gasteiger partial charge in [-0.15, -0.1) is 0 Å². The van der Waals surface area contributed by atoms with Crippen LogP contribution >= 0.6 is 0 Å². The Kier molecular flexibility index (Phi) is 4.57. The van der Waals surface area contributed by atoms with Crippen LogP contribution in [0.4, 0.5) is 10.5 Å². The lowest BCUT2D eigenvalue weighted by Crippen LogP contribution is -2.25. The first-order valence-corrected chi connectivity index (χ1v) is 6.41. The van der Waals surface area contributed by atoms with Crippen LogP contribution in [0.1, 0.15) is 13.3 Å². The zero-order valence-electron chi connectivity index (χ0n) is 11.2. The Labute approximate surface area is 116 Å². The van der Waals surface area contributed by atoms with Gasteiger partial charge in [0.15, 0.2) is 0 Å². The molecule has 0 aromatic heterocycles. The van der Waals surface area contributed by atoms with Crippen LogP contribution in [0.15, 0.2) is 24.3 Å². The second-order valence-corrected chi connectivity index (χ2v) is 4.59. The molecule has 0 bridgehead atoms. The molecule has 0 unspecified atom stereocenters. The van der Waals surface area contributed by atoms with E-state index in [-0.39, 0.29) is 12.4 Å². The largest absolute Gasteiger partial charge is 0.493 e. The minimum atomic E-state index is -0.478. The number of aliphatic hydroxyl groups excluding tert-OH is 1. The van der Waals surface area contributed by atoms with Crippen molar-refractivity contribution >= 4 is 17.6 Å². The summed E-state index contributed by atoms with van der Waals surface area (Å²) in [6, 6.07) is 6.94. The summed E-state index contributed by atoms with van der Waals surface area (Å²) in [6.45, 7) is 2.00. The number of aliphatic hydroxyl groups is 1. The number of rotatable bonds is 6. The SMILES string of the molecule is CC(=O)CCOc1ccc(N2C[C@H](CO)OC2=O)cc1. The number of hydrogen-bond acceptors (Lipinski definition) is 5. The number of hydrogen-bond donors (Lipinski definition) is 1. The third kappa shape index (κ3) is 3.48. The Hall–Kier alpha value is -2.08. The molecule has 1 N–H and O–H groups in total. The van der Waals surface area contributed by atoms with Crippen molar-refractivity contribution in [3.05, 3.63) is 24.3 Å². The molecule has 1 fully saturated rings.